The Morgan fingerprint density at radius 3 is 2.94 bits per heavy atom. The number of nitrogens with one attached hydrogen (secondary N) is 1. The maximum Gasteiger partial charge on any atom is 0.264 e. The number of hydrogen-bond acceptors (Lipinski definition) is 5. The summed E-state index contributed by atoms with van der Waals surface area (Å²) in [5, 5.41) is 11.9. The normalized spacial score (nSPS) is 22.8. The summed E-state index contributed by atoms with van der Waals surface area (Å²) in [6.45, 7) is 0.241. The quantitative estimate of drug-likeness (QED) is 0.754. The van der Waals surface area contributed by atoms with Crippen molar-refractivity contribution >= 4 is 11.9 Å². The first-order chi connectivity index (χ1) is 7.84. The molecule has 1 unspecified atom stereocenters. The highest BCUT2D eigenvalue weighted by Gasteiger charge is 2.33. The largest absolute Gasteiger partial charge is 0.301 e. The zero-order valence-electron chi connectivity index (χ0n) is 8.37. The number of nitrogens with zero attached hydrogens (tertiary/aromatic N) is 4. The second kappa shape index (κ2) is 3.41. The predicted octanol–water partition coefficient (Wildman–Crippen LogP) is 0.854. The van der Waals surface area contributed by atoms with Gasteiger partial charge < -0.3 is 4.90 Å². The minimum atomic E-state index is -0.231. The molecule has 0 fully saturated rings. The van der Waals surface area contributed by atoms with Gasteiger partial charge in [-0.25, -0.2) is 5.43 Å². The number of carbonyl (C=O) groups is 1. The van der Waals surface area contributed by atoms with Crippen molar-refractivity contribution in [3.63, 3.8) is 0 Å². The molecule has 0 saturated carbocycles. The SMILES string of the molecule is O=C1CN2C(=NN1)N=NC2c1ccccc1. The van der Waals surface area contributed by atoms with Crippen molar-refractivity contribution in [1.82, 2.24) is 10.3 Å². The highest BCUT2D eigenvalue weighted by Crippen LogP contribution is 2.28. The molecule has 80 valence electrons. The van der Waals surface area contributed by atoms with Crippen molar-refractivity contribution in [3.8, 4) is 0 Å². The van der Waals surface area contributed by atoms with E-state index in [0.717, 1.165) is 5.56 Å². The molecular weight excluding hydrogens is 206 g/mol. The van der Waals surface area contributed by atoms with Gasteiger partial charge in [0.25, 0.3) is 11.9 Å². The highest BCUT2D eigenvalue weighted by atomic mass is 16.2. The van der Waals surface area contributed by atoms with E-state index < -0.39 is 0 Å². The molecule has 0 aliphatic carbocycles. The van der Waals surface area contributed by atoms with Gasteiger partial charge in [0.05, 0.1) is 0 Å². The fourth-order valence-corrected chi connectivity index (χ4v) is 1.75. The lowest BCUT2D eigenvalue weighted by Gasteiger charge is -2.25. The number of fused-ring (bicyclic) bond motifs is 1. The number of hydrazone groups is 1. The molecule has 1 aromatic carbocycles. The molecule has 0 radical (unpaired) electrons. The summed E-state index contributed by atoms with van der Waals surface area (Å²) in [6, 6.07) is 9.72. The van der Waals surface area contributed by atoms with E-state index in [1.807, 2.05) is 30.3 Å². The van der Waals surface area contributed by atoms with Gasteiger partial charge in [-0.3, -0.25) is 4.79 Å². The molecule has 0 bridgehead atoms. The second-order valence-corrected chi connectivity index (χ2v) is 3.57. The molecular formula is C10H9N5O. The van der Waals surface area contributed by atoms with E-state index in [1.165, 1.54) is 0 Å². The third-order valence-corrected chi connectivity index (χ3v) is 2.50. The van der Waals surface area contributed by atoms with Crippen LogP contribution in [-0.2, 0) is 4.79 Å². The van der Waals surface area contributed by atoms with Gasteiger partial charge in [0.15, 0.2) is 6.17 Å². The molecule has 0 spiro atoms. The van der Waals surface area contributed by atoms with Crippen LogP contribution < -0.4 is 5.43 Å². The Labute approximate surface area is 91.7 Å². The van der Waals surface area contributed by atoms with Crippen molar-refractivity contribution in [2.24, 2.45) is 15.3 Å². The fraction of sp³-hybridized carbons (Fsp3) is 0.200. The Bertz CT molecular complexity index is 481. The first kappa shape index (κ1) is 9.02. The van der Waals surface area contributed by atoms with E-state index in [4.69, 9.17) is 0 Å². The zero-order valence-corrected chi connectivity index (χ0v) is 8.37. The predicted molar refractivity (Wildman–Crippen MR) is 56.3 cm³/mol. The van der Waals surface area contributed by atoms with Crippen LogP contribution in [0.4, 0.5) is 0 Å². The van der Waals surface area contributed by atoms with Crippen LogP contribution in [0.5, 0.6) is 0 Å². The molecule has 1 aromatic rings. The Morgan fingerprint density at radius 2 is 2.12 bits per heavy atom. The van der Waals surface area contributed by atoms with Crippen LogP contribution in [-0.4, -0.2) is 23.3 Å². The van der Waals surface area contributed by atoms with Gasteiger partial charge in [-0.2, -0.15) is 5.11 Å². The maximum absolute atomic E-state index is 11.2. The van der Waals surface area contributed by atoms with Gasteiger partial charge in [0.2, 0.25) is 0 Å². The summed E-state index contributed by atoms with van der Waals surface area (Å²) in [5.41, 5.74) is 3.38. The fourth-order valence-electron chi connectivity index (χ4n) is 1.75. The molecule has 2 heterocycles. The molecule has 2 aliphatic rings. The minimum absolute atomic E-state index is 0.142. The van der Waals surface area contributed by atoms with Crippen LogP contribution in [0.15, 0.2) is 45.7 Å². The number of benzene rings is 1. The lowest BCUT2D eigenvalue weighted by molar-refractivity contribution is -0.122. The van der Waals surface area contributed by atoms with E-state index in [1.54, 1.807) is 4.90 Å². The standard InChI is InChI=1S/C10H9N5O/c16-8-6-15-9(7-4-2-1-3-5-7)12-14-10(15)13-11-8/h1-5,9H,6H2,(H,11,16). The molecule has 6 nitrogen and oxygen atoms in total. The Hall–Kier alpha value is -2.24. The van der Waals surface area contributed by atoms with Crippen LogP contribution in [0, 0.1) is 0 Å². The lowest BCUT2D eigenvalue weighted by atomic mass is 10.1. The van der Waals surface area contributed by atoms with Crippen LogP contribution in [0.2, 0.25) is 0 Å². The van der Waals surface area contributed by atoms with Crippen molar-refractivity contribution in [2.45, 2.75) is 6.17 Å². The maximum atomic E-state index is 11.2. The van der Waals surface area contributed by atoms with E-state index in [9.17, 15) is 4.79 Å². The topological polar surface area (TPSA) is 69.4 Å². The molecule has 1 amide bonds. The zero-order chi connectivity index (χ0) is 11.0. The van der Waals surface area contributed by atoms with Gasteiger partial charge in [0.1, 0.15) is 6.54 Å². The molecule has 3 rings (SSSR count). The average Bonchev–Trinajstić information content (AvgIpc) is 2.73. The first-order valence-electron chi connectivity index (χ1n) is 4.93. The molecule has 1 atom stereocenters. The first-order valence-corrected chi connectivity index (χ1v) is 4.93. The summed E-state index contributed by atoms with van der Waals surface area (Å²) in [6.07, 6.45) is -0.231. The van der Waals surface area contributed by atoms with Crippen molar-refractivity contribution < 1.29 is 4.79 Å². The summed E-state index contributed by atoms with van der Waals surface area (Å²) < 4.78 is 0. The average molecular weight is 215 g/mol. The van der Waals surface area contributed by atoms with Gasteiger partial charge >= 0.3 is 0 Å². The van der Waals surface area contributed by atoms with E-state index in [-0.39, 0.29) is 18.6 Å². The van der Waals surface area contributed by atoms with Crippen molar-refractivity contribution in [3.05, 3.63) is 35.9 Å². The third-order valence-electron chi connectivity index (χ3n) is 2.50. The summed E-state index contributed by atoms with van der Waals surface area (Å²) in [5.74, 6) is 0.324. The summed E-state index contributed by atoms with van der Waals surface area (Å²) in [4.78, 5) is 13.0. The van der Waals surface area contributed by atoms with Crippen molar-refractivity contribution in [1.29, 1.82) is 0 Å². The number of guanidine groups is 1. The second-order valence-electron chi connectivity index (χ2n) is 3.57. The van der Waals surface area contributed by atoms with Crippen LogP contribution in [0.3, 0.4) is 0 Å². The molecule has 0 aromatic heterocycles. The highest BCUT2D eigenvalue weighted by molar-refractivity contribution is 5.91. The number of amides is 1. The molecule has 0 saturated heterocycles. The van der Waals surface area contributed by atoms with Gasteiger partial charge in [0, 0.05) is 0 Å². The summed E-state index contributed by atoms with van der Waals surface area (Å²) in [7, 11) is 0. The van der Waals surface area contributed by atoms with Crippen LogP contribution >= 0.6 is 0 Å². The molecule has 16 heavy (non-hydrogen) atoms. The monoisotopic (exact) mass is 215 g/mol. The Morgan fingerprint density at radius 1 is 1.31 bits per heavy atom. The van der Waals surface area contributed by atoms with E-state index in [0.29, 0.717) is 5.96 Å². The number of azo groups is 1. The van der Waals surface area contributed by atoms with E-state index >= 15 is 0 Å². The number of rotatable bonds is 1. The molecule has 1 N–H and O–H groups in total. The smallest absolute Gasteiger partial charge is 0.264 e. The van der Waals surface area contributed by atoms with Crippen LogP contribution in [0.25, 0.3) is 0 Å². The lowest BCUT2D eigenvalue weighted by Crippen LogP contribution is -2.43. The van der Waals surface area contributed by atoms with Crippen molar-refractivity contribution in [2.75, 3.05) is 6.54 Å². The van der Waals surface area contributed by atoms with E-state index in [2.05, 4.69) is 20.8 Å². The third kappa shape index (κ3) is 1.35. The Kier molecular flexibility index (Phi) is 1.92. The van der Waals surface area contributed by atoms with Gasteiger partial charge in [-0.15, -0.1) is 10.2 Å². The Balaban J connectivity index is 1.94. The molecule has 6 heteroatoms. The number of hydrogen-bond donors (Lipinski definition) is 1. The van der Waals surface area contributed by atoms with Gasteiger partial charge in [-0.05, 0) is 5.56 Å². The summed E-state index contributed by atoms with van der Waals surface area (Å²) >= 11 is 0. The molecule has 2 aliphatic heterocycles. The van der Waals surface area contributed by atoms with Gasteiger partial charge in [-0.1, -0.05) is 30.3 Å². The number of carbonyl (C=O) groups excluding carboxylic acids is 1. The van der Waals surface area contributed by atoms with Crippen LogP contribution in [0.1, 0.15) is 11.7 Å². The minimum Gasteiger partial charge on any atom is -0.301 e.